The number of fused-ring (bicyclic) bond motifs is 1. The number of hydrogen-bond acceptors (Lipinski definition) is 7. The van der Waals surface area contributed by atoms with Crippen LogP contribution in [0.15, 0.2) is 88.1 Å². The van der Waals surface area contributed by atoms with E-state index >= 15 is 0 Å². The molecule has 0 aliphatic carbocycles. The second kappa shape index (κ2) is 8.51. The minimum absolute atomic E-state index is 0.208. The maximum atomic E-state index is 13.0. The van der Waals surface area contributed by atoms with Gasteiger partial charge in [0.2, 0.25) is 0 Å². The van der Waals surface area contributed by atoms with Crippen LogP contribution in [0.5, 0.6) is 0 Å². The third-order valence-corrected chi connectivity index (χ3v) is 4.91. The minimum atomic E-state index is -0.691. The molecule has 8 heteroatoms. The number of ether oxygens (including phenoxy) is 1. The summed E-state index contributed by atoms with van der Waals surface area (Å²) in [5.74, 6) is -0.562. The molecule has 2 aromatic carbocycles. The number of carbonyl (C=O) groups excluding carboxylic acids is 2. The third-order valence-electron chi connectivity index (χ3n) is 4.91. The van der Waals surface area contributed by atoms with Crippen molar-refractivity contribution in [2.24, 2.45) is 0 Å². The molecule has 0 saturated heterocycles. The van der Waals surface area contributed by atoms with Gasteiger partial charge in [0.15, 0.2) is 23.9 Å². The molecule has 0 saturated carbocycles. The molecule has 7 nitrogen and oxygen atoms in total. The quantitative estimate of drug-likeness (QED) is 0.259. The summed E-state index contributed by atoms with van der Waals surface area (Å²) in [6.45, 7) is -0.469. The summed E-state index contributed by atoms with van der Waals surface area (Å²) in [6.07, 6.45) is 3.07. The predicted octanol–water partition coefficient (Wildman–Crippen LogP) is 5.33. The molecular formula is C25H15FN2O5. The van der Waals surface area contributed by atoms with Gasteiger partial charge in [-0.15, -0.1) is 0 Å². The van der Waals surface area contributed by atoms with E-state index in [9.17, 15) is 14.0 Å². The van der Waals surface area contributed by atoms with E-state index in [1.807, 2.05) is 0 Å². The number of rotatable bonds is 6. The van der Waals surface area contributed by atoms with Crippen molar-refractivity contribution in [3.05, 3.63) is 96.2 Å². The molecule has 5 rings (SSSR count). The van der Waals surface area contributed by atoms with Gasteiger partial charge in [0.1, 0.15) is 17.2 Å². The Morgan fingerprint density at radius 2 is 1.39 bits per heavy atom. The number of Topliss-reactive ketones (excluding diaryl/α,β-unsaturated/α-hetero) is 1. The summed E-state index contributed by atoms with van der Waals surface area (Å²) in [5.41, 5.74) is 2.40. The van der Waals surface area contributed by atoms with Crippen molar-refractivity contribution in [2.75, 3.05) is 6.61 Å². The highest BCUT2D eigenvalue weighted by Crippen LogP contribution is 2.31. The smallest absolute Gasteiger partial charge is 0.338 e. The molecule has 0 aliphatic rings. The van der Waals surface area contributed by atoms with Crippen LogP contribution < -0.4 is 0 Å². The first-order chi connectivity index (χ1) is 16.1. The molecule has 0 atom stereocenters. The molecule has 0 unspecified atom stereocenters. The zero-order chi connectivity index (χ0) is 22.8. The van der Waals surface area contributed by atoms with E-state index in [2.05, 4.69) is 9.97 Å². The Hall–Kier alpha value is -4.59. The van der Waals surface area contributed by atoms with Crippen LogP contribution in [0.2, 0.25) is 0 Å². The van der Waals surface area contributed by atoms with Crippen molar-refractivity contribution in [2.45, 2.75) is 0 Å². The largest absolute Gasteiger partial charge is 0.463 e. The lowest BCUT2D eigenvalue weighted by Crippen LogP contribution is -2.14. The summed E-state index contributed by atoms with van der Waals surface area (Å²) in [5, 5.41) is 0. The standard InChI is InChI=1S/C25H15FN2O5/c26-17-8-5-15(6-9-17)20(29)14-33-25(30)16-7-10-18-19(13-16)28-24(22-4-2-12-32-22)23(27-18)21-3-1-11-31-21/h1-13H,14H2. The Morgan fingerprint density at radius 3 is 2.00 bits per heavy atom. The van der Waals surface area contributed by atoms with Crippen LogP contribution in [0.3, 0.4) is 0 Å². The van der Waals surface area contributed by atoms with Crippen LogP contribution in [0.25, 0.3) is 33.9 Å². The maximum absolute atomic E-state index is 13.0. The van der Waals surface area contributed by atoms with E-state index in [1.54, 1.807) is 42.7 Å². The summed E-state index contributed by atoms with van der Waals surface area (Å²) in [6, 6.07) is 16.7. The second-order valence-electron chi connectivity index (χ2n) is 7.09. The Labute approximate surface area is 186 Å². The van der Waals surface area contributed by atoms with Gasteiger partial charge < -0.3 is 13.6 Å². The Kier molecular flexibility index (Phi) is 5.24. The van der Waals surface area contributed by atoms with E-state index in [1.165, 1.54) is 36.6 Å². The highest BCUT2D eigenvalue weighted by atomic mass is 19.1. The molecule has 0 bridgehead atoms. The van der Waals surface area contributed by atoms with Crippen LogP contribution in [0, 0.1) is 5.82 Å². The summed E-state index contributed by atoms with van der Waals surface area (Å²) in [7, 11) is 0. The molecule has 3 aromatic heterocycles. The predicted molar refractivity (Wildman–Crippen MR) is 116 cm³/mol. The Balaban J connectivity index is 1.43. The number of hydrogen-bond donors (Lipinski definition) is 0. The highest BCUT2D eigenvalue weighted by Gasteiger charge is 2.19. The van der Waals surface area contributed by atoms with Gasteiger partial charge in [-0.3, -0.25) is 4.79 Å². The van der Waals surface area contributed by atoms with Gasteiger partial charge in [-0.2, -0.15) is 0 Å². The van der Waals surface area contributed by atoms with Crippen molar-refractivity contribution in [1.82, 2.24) is 9.97 Å². The summed E-state index contributed by atoms with van der Waals surface area (Å²) < 4.78 is 29.2. The molecule has 5 aromatic rings. The highest BCUT2D eigenvalue weighted by molar-refractivity contribution is 6.00. The molecule has 0 aliphatic heterocycles. The average molecular weight is 442 g/mol. The number of nitrogens with zero attached hydrogens (tertiary/aromatic N) is 2. The van der Waals surface area contributed by atoms with Crippen molar-refractivity contribution < 1.29 is 27.6 Å². The molecule has 0 radical (unpaired) electrons. The summed E-state index contributed by atoms with van der Waals surface area (Å²) >= 11 is 0. The Bertz CT molecular complexity index is 1440. The monoisotopic (exact) mass is 442 g/mol. The maximum Gasteiger partial charge on any atom is 0.338 e. The van der Waals surface area contributed by atoms with Gasteiger partial charge in [-0.05, 0) is 66.7 Å². The molecule has 162 valence electrons. The molecule has 33 heavy (non-hydrogen) atoms. The number of esters is 1. The molecule has 0 N–H and O–H groups in total. The first-order valence-corrected chi connectivity index (χ1v) is 9.94. The lowest BCUT2D eigenvalue weighted by molar-refractivity contribution is 0.0475. The molecule has 0 fully saturated rings. The molecule has 3 heterocycles. The van der Waals surface area contributed by atoms with E-state index in [0.29, 0.717) is 33.9 Å². The van der Waals surface area contributed by atoms with Crippen LogP contribution in [-0.4, -0.2) is 28.3 Å². The number of benzene rings is 2. The number of aromatic nitrogens is 2. The van der Waals surface area contributed by atoms with Gasteiger partial charge in [0.05, 0.1) is 29.1 Å². The van der Waals surface area contributed by atoms with E-state index in [-0.39, 0.29) is 11.1 Å². The van der Waals surface area contributed by atoms with E-state index in [0.717, 1.165) is 0 Å². The van der Waals surface area contributed by atoms with Gasteiger partial charge >= 0.3 is 5.97 Å². The van der Waals surface area contributed by atoms with Crippen LogP contribution in [-0.2, 0) is 4.74 Å². The van der Waals surface area contributed by atoms with E-state index < -0.39 is 24.2 Å². The number of halogens is 1. The second-order valence-corrected chi connectivity index (χ2v) is 7.09. The van der Waals surface area contributed by atoms with Crippen molar-refractivity contribution in [1.29, 1.82) is 0 Å². The zero-order valence-corrected chi connectivity index (χ0v) is 17.0. The first-order valence-electron chi connectivity index (χ1n) is 9.94. The SMILES string of the molecule is O=C(COC(=O)c1ccc2nc(-c3ccco3)c(-c3ccco3)nc2c1)c1ccc(F)cc1. The molecule has 0 amide bonds. The lowest BCUT2D eigenvalue weighted by atomic mass is 10.1. The lowest BCUT2D eigenvalue weighted by Gasteiger charge is -2.08. The topological polar surface area (TPSA) is 95.4 Å². The fourth-order valence-electron chi connectivity index (χ4n) is 3.29. The van der Waals surface area contributed by atoms with Crippen molar-refractivity contribution >= 4 is 22.8 Å². The van der Waals surface area contributed by atoms with Crippen LogP contribution in [0.1, 0.15) is 20.7 Å². The van der Waals surface area contributed by atoms with Crippen molar-refractivity contribution in [3.63, 3.8) is 0 Å². The van der Waals surface area contributed by atoms with Gasteiger partial charge in [-0.25, -0.2) is 19.2 Å². The minimum Gasteiger partial charge on any atom is -0.463 e. The average Bonchev–Trinajstić information content (AvgIpc) is 3.56. The number of ketones is 1. The van der Waals surface area contributed by atoms with Gasteiger partial charge in [0.25, 0.3) is 0 Å². The van der Waals surface area contributed by atoms with Crippen molar-refractivity contribution in [3.8, 4) is 22.9 Å². The number of carbonyl (C=O) groups is 2. The van der Waals surface area contributed by atoms with Gasteiger partial charge in [-0.1, -0.05) is 0 Å². The molecular weight excluding hydrogens is 427 g/mol. The molecule has 0 spiro atoms. The van der Waals surface area contributed by atoms with Crippen LogP contribution >= 0.6 is 0 Å². The third kappa shape index (κ3) is 4.14. The fourth-order valence-corrected chi connectivity index (χ4v) is 3.29. The normalized spacial score (nSPS) is 10.9. The Morgan fingerprint density at radius 1 is 0.788 bits per heavy atom. The fraction of sp³-hybridized carbons (Fsp3) is 0.0400. The van der Waals surface area contributed by atoms with Gasteiger partial charge in [0, 0.05) is 5.56 Å². The zero-order valence-electron chi connectivity index (χ0n) is 17.0. The summed E-state index contributed by atoms with van der Waals surface area (Å²) in [4.78, 5) is 34.0. The first kappa shape index (κ1) is 20.3. The van der Waals surface area contributed by atoms with Crippen LogP contribution in [0.4, 0.5) is 4.39 Å². The number of furan rings is 2. The van der Waals surface area contributed by atoms with E-state index in [4.69, 9.17) is 13.6 Å².